The molecule has 1 aliphatic heterocycles. The van der Waals surface area contributed by atoms with Crippen molar-refractivity contribution in [2.75, 3.05) is 11.5 Å². The lowest BCUT2D eigenvalue weighted by Gasteiger charge is -2.26. The van der Waals surface area contributed by atoms with Gasteiger partial charge in [0.15, 0.2) is 0 Å². The molecule has 0 aliphatic carbocycles. The molecule has 2 N–H and O–H groups in total. The SMILES string of the molecule is Cc1ccc(C(C)(C)C)cc1/C(O)=C1\C(=O)C(=O)N(c2ccc(OCC(C)C)cc2)C1c1cccc(O)c1. The van der Waals surface area contributed by atoms with Crippen LogP contribution in [0.2, 0.25) is 0 Å². The van der Waals surface area contributed by atoms with Crippen LogP contribution in [0.1, 0.15) is 62.9 Å². The predicted molar refractivity (Wildman–Crippen MR) is 150 cm³/mol. The molecular weight excluding hydrogens is 478 g/mol. The zero-order valence-electron chi connectivity index (χ0n) is 22.8. The minimum absolute atomic E-state index is 0.00330. The van der Waals surface area contributed by atoms with Crippen LogP contribution in [0.3, 0.4) is 0 Å². The third kappa shape index (κ3) is 5.30. The number of amides is 1. The van der Waals surface area contributed by atoms with Crippen LogP contribution in [-0.2, 0) is 15.0 Å². The van der Waals surface area contributed by atoms with Gasteiger partial charge in [-0.1, -0.05) is 58.9 Å². The molecule has 0 aromatic heterocycles. The lowest BCUT2D eigenvalue weighted by atomic mass is 9.84. The van der Waals surface area contributed by atoms with Gasteiger partial charge in [0.2, 0.25) is 0 Å². The summed E-state index contributed by atoms with van der Waals surface area (Å²) in [5, 5.41) is 21.8. The second-order valence-corrected chi connectivity index (χ2v) is 11.2. The van der Waals surface area contributed by atoms with Crippen molar-refractivity contribution in [3.63, 3.8) is 0 Å². The van der Waals surface area contributed by atoms with Gasteiger partial charge in [-0.2, -0.15) is 0 Å². The van der Waals surface area contributed by atoms with E-state index in [1.807, 2.05) is 25.1 Å². The average molecular weight is 514 g/mol. The Morgan fingerprint density at radius 2 is 1.68 bits per heavy atom. The van der Waals surface area contributed by atoms with Crippen LogP contribution in [0.25, 0.3) is 5.76 Å². The summed E-state index contributed by atoms with van der Waals surface area (Å²) in [5.41, 5.74) is 3.06. The summed E-state index contributed by atoms with van der Waals surface area (Å²) in [7, 11) is 0. The van der Waals surface area contributed by atoms with Crippen molar-refractivity contribution in [1.82, 2.24) is 0 Å². The molecule has 1 fully saturated rings. The summed E-state index contributed by atoms with van der Waals surface area (Å²) < 4.78 is 5.78. The van der Waals surface area contributed by atoms with E-state index in [9.17, 15) is 19.8 Å². The van der Waals surface area contributed by atoms with E-state index in [2.05, 4.69) is 34.6 Å². The Morgan fingerprint density at radius 3 is 2.29 bits per heavy atom. The van der Waals surface area contributed by atoms with Crippen molar-refractivity contribution in [2.24, 2.45) is 5.92 Å². The number of rotatable bonds is 6. The van der Waals surface area contributed by atoms with Crippen LogP contribution in [0.4, 0.5) is 5.69 Å². The molecule has 0 radical (unpaired) electrons. The molecule has 38 heavy (non-hydrogen) atoms. The van der Waals surface area contributed by atoms with E-state index in [4.69, 9.17) is 4.74 Å². The third-order valence-electron chi connectivity index (χ3n) is 6.69. The molecule has 1 aliphatic rings. The van der Waals surface area contributed by atoms with Crippen molar-refractivity contribution in [3.05, 3.63) is 94.6 Å². The van der Waals surface area contributed by atoms with Crippen LogP contribution < -0.4 is 9.64 Å². The minimum Gasteiger partial charge on any atom is -0.508 e. The predicted octanol–water partition coefficient (Wildman–Crippen LogP) is 6.66. The molecule has 1 saturated heterocycles. The zero-order chi connectivity index (χ0) is 27.8. The van der Waals surface area contributed by atoms with Gasteiger partial charge in [0.1, 0.15) is 17.3 Å². The Balaban J connectivity index is 1.88. The first-order valence-corrected chi connectivity index (χ1v) is 12.8. The molecule has 198 valence electrons. The molecule has 1 atom stereocenters. The molecular formula is C32H35NO5. The molecule has 0 spiro atoms. The van der Waals surface area contributed by atoms with Gasteiger partial charge in [-0.3, -0.25) is 14.5 Å². The van der Waals surface area contributed by atoms with Gasteiger partial charge in [-0.15, -0.1) is 0 Å². The third-order valence-corrected chi connectivity index (χ3v) is 6.69. The summed E-state index contributed by atoms with van der Waals surface area (Å²) >= 11 is 0. The maximum absolute atomic E-state index is 13.5. The Bertz CT molecular complexity index is 1400. The Hall–Kier alpha value is -4.06. The fraction of sp³-hybridized carbons (Fsp3) is 0.312. The maximum Gasteiger partial charge on any atom is 0.300 e. The van der Waals surface area contributed by atoms with Gasteiger partial charge in [0.25, 0.3) is 11.7 Å². The van der Waals surface area contributed by atoms with Crippen LogP contribution in [-0.4, -0.2) is 28.5 Å². The first kappa shape index (κ1) is 27.0. The Labute approximate surface area is 224 Å². The monoisotopic (exact) mass is 513 g/mol. The van der Waals surface area contributed by atoms with Crippen LogP contribution >= 0.6 is 0 Å². The van der Waals surface area contributed by atoms with E-state index in [1.165, 1.54) is 17.0 Å². The highest BCUT2D eigenvalue weighted by Crippen LogP contribution is 2.43. The summed E-state index contributed by atoms with van der Waals surface area (Å²) in [6.45, 7) is 12.7. The fourth-order valence-electron chi connectivity index (χ4n) is 4.56. The number of aliphatic hydroxyl groups is 1. The normalized spacial score (nSPS) is 17.3. The van der Waals surface area contributed by atoms with Gasteiger partial charge >= 0.3 is 0 Å². The number of aromatic hydroxyl groups is 1. The number of nitrogens with zero attached hydrogens (tertiary/aromatic N) is 1. The molecule has 1 heterocycles. The summed E-state index contributed by atoms with van der Waals surface area (Å²) in [6, 6.07) is 18.2. The largest absolute Gasteiger partial charge is 0.508 e. The van der Waals surface area contributed by atoms with E-state index in [0.29, 0.717) is 35.1 Å². The molecule has 1 unspecified atom stereocenters. The molecule has 6 nitrogen and oxygen atoms in total. The molecule has 4 rings (SSSR count). The number of ketones is 1. The highest BCUT2D eigenvalue weighted by Gasteiger charge is 2.47. The topological polar surface area (TPSA) is 87.1 Å². The van der Waals surface area contributed by atoms with Crippen molar-refractivity contribution in [3.8, 4) is 11.5 Å². The van der Waals surface area contributed by atoms with Gasteiger partial charge in [-0.25, -0.2) is 0 Å². The number of aryl methyl sites for hydroxylation is 1. The quantitative estimate of drug-likeness (QED) is 0.219. The van der Waals surface area contributed by atoms with E-state index >= 15 is 0 Å². The number of benzene rings is 3. The van der Waals surface area contributed by atoms with Crippen molar-refractivity contribution >= 4 is 23.1 Å². The fourth-order valence-corrected chi connectivity index (χ4v) is 4.56. The molecule has 3 aromatic rings. The van der Waals surface area contributed by atoms with E-state index in [0.717, 1.165) is 11.1 Å². The number of anilines is 1. The van der Waals surface area contributed by atoms with E-state index in [-0.39, 0.29) is 22.5 Å². The summed E-state index contributed by atoms with van der Waals surface area (Å²) in [4.78, 5) is 28.4. The summed E-state index contributed by atoms with van der Waals surface area (Å²) in [5.74, 6) is -0.755. The molecule has 1 amide bonds. The molecule has 6 heteroatoms. The number of phenols is 1. The number of carbonyl (C=O) groups excluding carboxylic acids is 2. The van der Waals surface area contributed by atoms with E-state index in [1.54, 1.807) is 36.4 Å². The average Bonchev–Trinajstić information content (AvgIpc) is 3.12. The van der Waals surface area contributed by atoms with Gasteiger partial charge in [0.05, 0.1) is 18.2 Å². The van der Waals surface area contributed by atoms with Gasteiger partial charge < -0.3 is 14.9 Å². The highest BCUT2D eigenvalue weighted by molar-refractivity contribution is 6.51. The van der Waals surface area contributed by atoms with Crippen LogP contribution in [0.15, 0.2) is 72.3 Å². The second kappa shape index (κ2) is 10.4. The summed E-state index contributed by atoms with van der Waals surface area (Å²) in [6.07, 6.45) is 0. The van der Waals surface area contributed by atoms with Gasteiger partial charge in [0, 0.05) is 11.3 Å². The van der Waals surface area contributed by atoms with Gasteiger partial charge in [-0.05, 0) is 77.4 Å². The number of Topliss-reactive ketones (excluding diaryl/α,β-unsaturated/α-hetero) is 1. The number of ether oxygens (including phenoxy) is 1. The number of aliphatic hydroxyl groups excluding tert-OH is 1. The first-order chi connectivity index (χ1) is 17.9. The van der Waals surface area contributed by atoms with Crippen molar-refractivity contribution < 1.29 is 24.5 Å². The highest BCUT2D eigenvalue weighted by atomic mass is 16.5. The van der Waals surface area contributed by atoms with Crippen LogP contribution in [0.5, 0.6) is 11.5 Å². The Kier molecular flexibility index (Phi) is 7.36. The maximum atomic E-state index is 13.5. The Morgan fingerprint density at radius 1 is 1.00 bits per heavy atom. The number of hydrogen-bond acceptors (Lipinski definition) is 5. The van der Waals surface area contributed by atoms with Crippen molar-refractivity contribution in [1.29, 1.82) is 0 Å². The second-order valence-electron chi connectivity index (χ2n) is 11.2. The first-order valence-electron chi connectivity index (χ1n) is 12.8. The number of phenolic OH excluding ortho intramolecular Hbond substituents is 1. The van der Waals surface area contributed by atoms with Crippen molar-refractivity contribution in [2.45, 2.75) is 53.0 Å². The zero-order valence-corrected chi connectivity index (χ0v) is 22.8. The lowest BCUT2D eigenvalue weighted by molar-refractivity contribution is -0.132. The molecule has 3 aromatic carbocycles. The number of hydrogen-bond donors (Lipinski definition) is 2. The minimum atomic E-state index is -0.928. The number of carbonyl (C=O) groups is 2. The van der Waals surface area contributed by atoms with Crippen LogP contribution in [0, 0.1) is 12.8 Å². The smallest absolute Gasteiger partial charge is 0.300 e. The molecule has 0 bridgehead atoms. The molecule has 0 saturated carbocycles. The standard InChI is InChI=1S/C32H35NO5/c1-19(2)18-38-25-14-12-23(13-15-25)33-28(21-8-7-9-24(34)16-21)27(30(36)31(33)37)29(35)26-17-22(32(4,5)6)11-10-20(26)3/h7-17,19,28,34-35H,18H2,1-6H3/b29-27+. The van der Waals surface area contributed by atoms with E-state index < -0.39 is 17.7 Å². The lowest BCUT2D eigenvalue weighted by Crippen LogP contribution is -2.29.